The highest BCUT2D eigenvalue weighted by molar-refractivity contribution is 5.92. The summed E-state index contributed by atoms with van der Waals surface area (Å²) in [7, 11) is 4.19. The molecule has 4 aromatic heterocycles. The molecule has 172 valence electrons. The number of imidazole rings is 2. The number of fused-ring (bicyclic) bond motifs is 1. The van der Waals surface area contributed by atoms with Gasteiger partial charge in [0.2, 0.25) is 5.95 Å². The first kappa shape index (κ1) is 21.4. The number of amides is 1. The summed E-state index contributed by atoms with van der Waals surface area (Å²) in [5.41, 5.74) is 2.37. The average Bonchev–Trinajstić information content (AvgIpc) is 3.59. The predicted octanol–water partition coefficient (Wildman–Crippen LogP) is 2.57. The second-order valence-corrected chi connectivity index (χ2v) is 8.65. The third-order valence-electron chi connectivity index (χ3n) is 6.29. The van der Waals surface area contributed by atoms with Crippen molar-refractivity contribution in [2.24, 2.45) is 0 Å². The van der Waals surface area contributed by atoms with Crippen LogP contribution in [0.15, 0.2) is 59.7 Å². The van der Waals surface area contributed by atoms with Crippen LogP contribution in [0.4, 0.5) is 0 Å². The Morgan fingerprint density at radius 2 is 2.03 bits per heavy atom. The topological polar surface area (TPSA) is 83.8 Å². The number of piperidine rings is 1. The van der Waals surface area contributed by atoms with Crippen molar-refractivity contribution in [3.05, 3.63) is 72.5 Å². The van der Waals surface area contributed by atoms with E-state index in [1.165, 1.54) is 0 Å². The van der Waals surface area contributed by atoms with Crippen LogP contribution in [0.3, 0.4) is 0 Å². The van der Waals surface area contributed by atoms with Crippen LogP contribution < -0.4 is 5.32 Å². The minimum absolute atomic E-state index is 0.0212. The first-order chi connectivity index (χ1) is 16.1. The first-order valence-corrected chi connectivity index (χ1v) is 11.3. The molecule has 0 aliphatic carbocycles. The summed E-state index contributed by atoms with van der Waals surface area (Å²) in [6.45, 7) is 2.73. The average molecular weight is 448 g/mol. The Kier molecular flexibility index (Phi) is 5.97. The second-order valence-electron chi connectivity index (χ2n) is 8.65. The van der Waals surface area contributed by atoms with Gasteiger partial charge in [0.25, 0.3) is 5.91 Å². The fourth-order valence-electron chi connectivity index (χ4n) is 4.40. The zero-order valence-corrected chi connectivity index (χ0v) is 19.0. The molecule has 0 bridgehead atoms. The molecule has 9 heteroatoms. The number of nitrogens with zero attached hydrogens (tertiary/aromatic N) is 6. The molecule has 9 nitrogen and oxygen atoms in total. The summed E-state index contributed by atoms with van der Waals surface area (Å²) >= 11 is 0. The maximum atomic E-state index is 13.0. The maximum absolute atomic E-state index is 13.0. The Labute approximate surface area is 192 Å². The van der Waals surface area contributed by atoms with Crippen LogP contribution >= 0.6 is 0 Å². The molecule has 1 saturated heterocycles. The lowest BCUT2D eigenvalue weighted by molar-refractivity contribution is 0.0658. The molecule has 0 aromatic carbocycles. The van der Waals surface area contributed by atoms with E-state index in [0.29, 0.717) is 30.8 Å². The van der Waals surface area contributed by atoms with Crippen molar-refractivity contribution >= 4 is 11.4 Å². The van der Waals surface area contributed by atoms with Crippen molar-refractivity contribution in [1.29, 1.82) is 0 Å². The van der Waals surface area contributed by atoms with Gasteiger partial charge in [-0.15, -0.1) is 0 Å². The van der Waals surface area contributed by atoms with Gasteiger partial charge in [-0.25, -0.2) is 9.97 Å². The fourth-order valence-corrected chi connectivity index (χ4v) is 4.40. The zero-order chi connectivity index (χ0) is 22.8. The summed E-state index contributed by atoms with van der Waals surface area (Å²) in [5.74, 6) is 1.57. The van der Waals surface area contributed by atoms with Gasteiger partial charge in [-0.1, -0.05) is 6.07 Å². The molecule has 1 aliphatic heterocycles. The van der Waals surface area contributed by atoms with Crippen molar-refractivity contribution in [2.75, 3.05) is 27.2 Å². The van der Waals surface area contributed by atoms with Gasteiger partial charge in [0.1, 0.15) is 17.8 Å². The van der Waals surface area contributed by atoms with Gasteiger partial charge in [0.15, 0.2) is 0 Å². The summed E-state index contributed by atoms with van der Waals surface area (Å²) in [4.78, 5) is 26.4. The van der Waals surface area contributed by atoms with Gasteiger partial charge in [-0.3, -0.25) is 13.8 Å². The smallest absolute Gasteiger partial charge is 0.274 e. The lowest BCUT2D eigenvalue weighted by Crippen LogP contribution is -2.44. The van der Waals surface area contributed by atoms with Crippen molar-refractivity contribution in [3.63, 3.8) is 0 Å². The molecule has 33 heavy (non-hydrogen) atoms. The lowest BCUT2D eigenvalue weighted by Gasteiger charge is -2.34. The third-order valence-corrected chi connectivity index (χ3v) is 6.29. The van der Waals surface area contributed by atoms with E-state index in [1.807, 2.05) is 50.4 Å². The van der Waals surface area contributed by atoms with E-state index < -0.39 is 0 Å². The minimum atomic E-state index is -0.0212. The van der Waals surface area contributed by atoms with E-state index >= 15 is 0 Å². The standard InChI is InChI=1S/C24H29N7O2/c1-28(2)18-8-11-29(12-9-18)23(32)21-16-30(17-26-21)24-27-20(22-7-3-4-10-31(22)24)15-25-14-19-6-5-13-33-19/h3-7,10,13,16-18,25H,8-9,11-12,14-15H2,1-2H3. The second kappa shape index (κ2) is 9.21. The number of furan rings is 1. The number of carbonyl (C=O) groups is 1. The van der Waals surface area contributed by atoms with Gasteiger partial charge in [-0.2, -0.15) is 0 Å². The quantitative estimate of drug-likeness (QED) is 0.469. The largest absolute Gasteiger partial charge is 0.468 e. The molecular formula is C24H29N7O2. The number of carbonyl (C=O) groups excluding carboxylic acids is 1. The number of likely N-dealkylation sites (tertiary alicyclic amines) is 1. The molecule has 1 aliphatic rings. The monoisotopic (exact) mass is 447 g/mol. The molecule has 0 unspecified atom stereocenters. The van der Waals surface area contributed by atoms with E-state index in [4.69, 9.17) is 9.40 Å². The SMILES string of the molecule is CN(C)C1CCN(C(=O)c2cn(-c3nc(CNCc4ccco4)c4ccccn34)cn2)CC1. The third kappa shape index (κ3) is 4.42. The summed E-state index contributed by atoms with van der Waals surface area (Å²) in [6, 6.07) is 10.4. The molecular weight excluding hydrogens is 418 g/mol. The van der Waals surface area contributed by atoms with Gasteiger partial charge < -0.3 is 19.5 Å². The van der Waals surface area contributed by atoms with E-state index in [2.05, 4.69) is 29.3 Å². The molecule has 1 amide bonds. The van der Waals surface area contributed by atoms with Crippen LogP contribution in [0.5, 0.6) is 0 Å². The Balaban J connectivity index is 1.33. The molecule has 0 spiro atoms. The fraction of sp³-hybridized carbons (Fsp3) is 0.375. The number of pyridine rings is 1. The maximum Gasteiger partial charge on any atom is 0.274 e. The summed E-state index contributed by atoms with van der Waals surface area (Å²) in [6.07, 6.45) is 9.06. The van der Waals surface area contributed by atoms with Crippen LogP contribution in [0.2, 0.25) is 0 Å². The highest BCUT2D eigenvalue weighted by Gasteiger charge is 2.26. The van der Waals surface area contributed by atoms with Gasteiger partial charge in [0, 0.05) is 38.1 Å². The number of aromatic nitrogens is 4. The normalized spacial score (nSPS) is 15.1. The van der Waals surface area contributed by atoms with Crippen molar-refractivity contribution in [1.82, 2.24) is 34.1 Å². The van der Waals surface area contributed by atoms with Crippen molar-refractivity contribution < 1.29 is 9.21 Å². The van der Waals surface area contributed by atoms with Gasteiger partial charge >= 0.3 is 0 Å². The van der Waals surface area contributed by atoms with Crippen molar-refractivity contribution in [3.8, 4) is 5.95 Å². The van der Waals surface area contributed by atoms with Gasteiger partial charge in [0.05, 0.1) is 24.0 Å². The molecule has 5 rings (SSSR count). The van der Waals surface area contributed by atoms with Crippen LogP contribution in [-0.2, 0) is 13.1 Å². The molecule has 0 radical (unpaired) electrons. The Morgan fingerprint density at radius 1 is 1.18 bits per heavy atom. The first-order valence-electron chi connectivity index (χ1n) is 11.3. The number of hydrogen-bond acceptors (Lipinski definition) is 6. The van der Waals surface area contributed by atoms with E-state index in [9.17, 15) is 4.79 Å². The highest BCUT2D eigenvalue weighted by atomic mass is 16.3. The molecule has 0 atom stereocenters. The Hall–Kier alpha value is -3.43. The molecule has 0 saturated carbocycles. The number of nitrogens with one attached hydrogen (secondary N) is 1. The zero-order valence-electron chi connectivity index (χ0n) is 19.0. The van der Waals surface area contributed by atoms with E-state index in [-0.39, 0.29) is 5.91 Å². The molecule has 1 fully saturated rings. The van der Waals surface area contributed by atoms with Crippen LogP contribution in [0, 0.1) is 0 Å². The highest BCUT2D eigenvalue weighted by Crippen LogP contribution is 2.19. The van der Waals surface area contributed by atoms with Crippen LogP contribution in [0.25, 0.3) is 11.5 Å². The minimum Gasteiger partial charge on any atom is -0.468 e. The van der Waals surface area contributed by atoms with Crippen LogP contribution in [0.1, 0.15) is 34.8 Å². The van der Waals surface area contributed by atoms with Crippen LogP contribution in [-0.4, -0.2) is 67.9 Å². The molecule has 1 N–H and O–H groups in total. The summed E-state index contributed by atoms with van der Waals surface area (Å²) in [5, 5.41) is 3.38. The predicted molar refractivity (Wildman–Crippen MR) is 124 cm³/mol. The number of rotatable bonds is 7. The summed E-state index contributed by atoms with van der Waals surface area (Å²) < 4.78 is 9.23. The Bertz CT molecular complexity index is 1220. The molecule has 4 aromatic rings. The molecule has 5 heterocycles. The lowest BCUT2D eigenvalue weighted by atomic mass is 10.0. The van der Waals surface area contributed by atoms with E-state index in [0.717, 1.165) is 42.9 Å². The number of hydrogen-bond donors (Lipinski definition) is 1. The van der Waals surface area contributed by atoms with Crippen molar-refractivity contribution in [2.45, 2.75) is 32.0 Å². The van der Waals surface area contributed by atoms with E-state index in [1.54, 1.807) is 18.8 Å². The van der Waals surface area contributed by atoms with Gasteiger partial charge in [-0.05, 0) is 51.2 Å². The Morgan fingerprint density at radius 3 is 2.79 bits per heavy atom.